The first-order chi connectivity index (χ1) is 25.8. The Morgan fingerprint density at radius 2 is 1.04 bits per heavy atom. The maximum atomic E-state index is 5.16. The molecule has 0 bridgehead atoms. The van der Waals surface area contributed by atoms with Crippen molar-refractivity contribution in [1.29, 1.82) is 0 Å². The Labute approximate surface area is 312 Å². The van der Waals surface area contributed by atoms with Gasteiger partial charge in [0.25, 0.3) is 0 Å². The minimum Gasteiger partial charge on any atom is -0.310 e. The van der Waals surface area contributed by atoms with Gasteiger partial charge in [0.2, 0.25) is 0 Å². The molecule has 8 rings (SSSR count). The fourth-order valence-corrected chi connectivity index (χ4v) is 7.86. The van der Waals surface area contributed by atoms with Gasteiger partial charge in [0.1, 0.15) is 12.2 Å². The maximum Gasteiger partial charge on any atom is 0.111 e. The number of aromatic nitrogens is 4. The minimum atomic E-state index is 0.954. The standard InChI is InChI=1S/C48H43N5/c1-32-27-33(2)48(34(3)28-32)52-36(5)47(50-37(52)6)40-20-16-24-43(30-40)53(41-21-11-8-12-22-41)42-23-15-19-39(29-42)46-35(4)51(31-49-46)45-26-14-13-25-44(45)38-17-9-7-10-18-38/h7-31H,1-6H3. The number of benzene rings is 6. The van der Waals surface area contributed by atoms with Crippen molar-refractivity contribution in [3.8, 4) is 45.0 Å². The van der Waals surface area contributed by atoms with E-state index in [0.29, 0.717) is 0 Å². The summed E-state index contributed by atoms with van der Waals surface area (Å²) in [6, 6.07) is 51.6. The zero-order chi connectivity index (χ0) is 36.6. The highest BCUT2D eigenvalue weighted by molar-refractivity contribution is 5.82. The molecule has 53 heavy (non-hydrogen) atoms. The van der Waals surface area contributed by atoms with Crippen molar-refractivity contribution in [1.82, 2.24) is 19.1 Å². The van der Waals surface area contributed by atoms with Crippen LogP contribution in [0.15, 0.2) is 152 Å². The summed E-state index contributed by atoms with van der Waals surface area (Å²) in [4.78, 5) is 12.5. The van der Waals surface area contributed by atoms with Crippen LogP contribution < -0.4 is 4.90 Å². The molecule has 0 saturated carbocycles. The van der Waals surface area contributed by atoms with E-state index in [9.17, 15) is 0 Å². The van der Waals surface area contributed by atoms with Gasteiger partial charge in [-0.25, -0.2) is 9.97 Å². The first kappa shape index (κ1) is 33.7. The lowest BCUT2D eigenvalue weighted by atomic mass is 10.0. The molecule has 0 N–H and O–H groups in total. The van der Waals surface area contributed by atoms with Crippen molar-refractivity contribution in [3.63, 3.8) is 0 Å². The lowest BCUT2D eigenvalue weighted by Crippen LogP contribution is -2.10. The van der Waals surface area contributed by atoms with E-state index in [4.69, 9.17) is 9.97 Å². The molecule has 0 amide bonds. The molecule has 0 unspecified atom stereocenters. The number of rotatable bonds is 8. The van der Waals surface area contributed by atoms with E-state index in [1.165, 1.54) is 33.5 Å². The Bertz CT molecular complexity index is 2550. The van der Waals surface area contributed by atoms with E-state index in [-0.39, 0.29) is 0 Å². The van der Waals surface area contributed by atoms with Gasteiger partial charge >= 0.3 is 0 Å². The van der Waals surface area contributed by atoms with Crippen LogP contribution in [-0.4, -0.2) is 19.1 Å². The molecular formula is C48H43N5. The van der Waals surface area contributed by atoms with Crippen LogP contribution in [0.5, 0.6) is 0 Å². The average Bonchev–Trinajstić information content (AvgIpc) is 3.70. The van der Waals surface area contributed by atoms with E-state index in [1.54, 1.807) is 0 Å². The lowest BCUT2D eigenvalue weighted by molar-refractivity contribution is 0.921. The summed E-state index contributed by atoms with van der Waals surface area (Å²) in [5, 5.41) is 0. The van der Waals surface area contributed by atoms with Gasteiger partial charge in [-0.05, 0) is 101 Å². The molecular weight excluding hydrogens is 647 g/mol. The molecule has 5 heteroatoms. The Morgan fingerprint density at radius 1 is 0.491 bits per heavy atom. The predicted octanol–water partition coefficient (Wildman–Crippen LogP) is 12.4. The quantitative estimate of drug-likeness (QED) is 0.159. The van der Waals surface area contributed by atoms with E-state index in [0.717, 1.165) is 62.5 Å². The minimum absolute atomic E-state index is 0.954. The Morgan fingerprint density at radius 3 is 1.70 bits per heavy atom. The van der Waals surface area contributed by atoms with Crippen molar-refractivity contribution in [2.24, 2.45) is 0 Å². The Kier molecular flexibility index (Phi) is 8.85. The highest BCUT2D eigenvalue weighted by Gasteiger charge is 2.21. The summed E-state index contributed by atoms with van der Waals surface area (Å²) in [5.74, 6) is 0.978. The van der Waals surface area contributed by atoms with Crippen LogP contribution >= 0.6 is 0 Å². The average molecular weight is 690 g/mol. The molecule has 0 fully saturated rings. The first-order valence-electron chi connectivity index (χ1n) is 18.2. The molecule has 0 saturated heterocycles. The van der Waals surface area contributed by atoms with Crippen LogP contribution in [0.4, 0.5) is 17.1 Å². The summed E-state index contributed by atoms with van der Waals surface area (Å²) < 4.78 is 4.51. The fourth-order valence-electron chi connectivity index (χ4n) is 7.86. The lowest BCUT2D eigenvalue weighted by Gasteiger charge is -2.26. The van der Waals surface area contributed by atoms with Gasteiger partial charge in [-0.15, -0.1) is 0 Å². The van der Waals surface area contributed by atoms with Crippen LogP contribution in [-0.2, 0) is 0 Å². The van der Waals surface area contributed by atoms with Crippen LogP contribution in [0.3, 0.4) is 0 Å². The number of para-hydroxylation sites is 2. The molecule has 0 radical (unpaired) electrons. The molecule has 2 heterocycles. The Hall–Kier alpha value is -6.46. The number of nitrogens with zero attached hydrogens (tertiary/aromatic N) is 5. The summed E-state index contributed by atoms with van der Waals surface area (Å²) in [6.45, 7) is 13.0. The largest absolute Gasteiger partial charge is 0.310 e. The maximum absolute atomic E-state index is 5.16. The van der Waals surface area contributed by atoms with Crippen molar-refractivity contribution in [2.45, 2.75) is 41.5 Å². The van der Waals surface area contributed by atoms with Crippen molar-refractivity contribution in [2.75, 3.05) is 4.90 Å². The summed E-state index contributed by atoms with van der Waals surface area (Å²) in [5.41, 5.74) is 17.9. The van der Waals surface area contributed by atoms with Gasteiger partial charge in [-0.3, -0.25) is 0 Å². The molecule has 5 nitrogen and oxygen atoms in total. The smallest absolute Gasteiger partial charge is 0.111 e. The number of hydrogen-bond donors (Lipinski definition) is 0. The number of imidazole rings is 2. The SMILES string of the molecule is Cc1cc(C)c(-n2c(C)nc(-c3cccc(N(c4ccccc4)c4cccc(-c5ncn(-c6ccccc6-c6ccccc6)c5C)c4)c3)c2C)c(C)c1. The molecule has 260 valence electrons. The topological polar surface area (TPSA) is 38.9 Å². The second-order valence-corrected chi connectivity index (χ2v) is 13.9. The Balaban J connectivity index is 1.20. The molecule has 6 aromatic carbocycles. The van der Waals surface area contributed by atoms with Gasteiger partial charge < -0.3 is 14.0 Å². The zero-order valence-electron chi connectivity index (χ0n) is 31.2. The van der Waals surface area contributed by atoms with Crippen molar-refractivity contribution >= 4 is 17.1 Å². The van der Waals surface area contributed by atoms with Gasteiger partial charge in [0.05, 0.1) is 22.8 Å². The zero-order valence-corrected chi connectivity index (χ0v) is 31.2. The van der Waals surface area contributed by atoms with E-state index < -0.39 is 0 Å². The molecule has 0 atom stereocenters. The summed E-state index contributed by atoms with van der Waals surface area (Å²) in [7, 11) is 0. The van der Waals surface area contributed by atoms with Gasteiger partial charge in [-0.2, -0.15) is 0 Å². The third-order valence-corrected chi connectivity index (χ3v) is 10.2. The van der Waals surface area contributed by atoms with E-state index >= 15 is 0 Å². The molecule has 8 aromatic rings. The normalized spacial score (nSPS) is 11.2. The second-order valence-electron chi connectivity index (χ2n) is 13.9. The monoisotopic (exact) mass is 689 g/mol. The van der Waals surface area contributed by atoms with E-state index in [2.05, 4.69) is 201 Å². The third-order valence-electron chi connectivity index (χ3n) is 10.2. The van der Waals surface area contributed by atoms with Crippen molar-refractivity contribution in [3.05, 3.63) is 186 Å². The van der Waals surface area contributed by atoms with Crippen molar-refractivity contribution < 1.29 is 0 Å². The van der Waals surface area contributed by atoms with E-state index in [1.807, 2.05) is 6.33 Å². The van der Waals surface area contributed by atoms with Crippen LogP contribution in [0, 0.1) is 41.5 Å². The number of hydrogen-bond acceptors (Lipinski definition) is 3. The highest BCUT2D eigenvalue weighted by atomic mass is 15.1. The molecule has 0 aliphatic heterocycles. The van der Waals surface area contributed by atoms with Crippen LogP contribution in [0.1, 0.15) is 33.9 Å². The van der Waals surface area contributed by atoms with Gasteiger partial charge in [0, 0.05) is 45.1 Å². The molecule has 2 aromatic heterocycles. The summed E-state index contributed by atoms with van der Waals surface area (Å²) >= 11 is 0. The van der Waals surface area contributed by atoms with Gasteiger partial charge in [-0.1, -0.05) is 109 Å². The van der Waals surface area contributed by atoms with Crippen LogP contribution in [0.25, 0.3) is 45.0 Å². The summed E-state index contributed by atoms with van der Waals surface area (Å²) in [6.07, 6.45) is 1.95. The predicted molar refractivity (Wildman–Crippen MR) is 220 cm³/mol. The first-order valence-corrected chi connectivity index (χ1v) is 18.2. The van der Waals surface area contributed by atoms with Gasteiger partial charge in [0.15, 0.2) is 0 Å². The number of anilines is 3. The highest BCUT2D eigenvalue weighted by Crippen LogP contribution is 2.39. The third kappa shape index (κ3) is 6.25. The molecule has 0 spiro atoms. The fraction of sp³-hybridized carbons (Fsp3) is 0.125. The number of aryl methyl sites for hydroxylation is 4. The molecule has 0 aliphatic rings. The van der Waals surface area contributed by atoms with Crippen LogP contribution in [0.2, 0.25) is 0 Å². The second kappa shape index (κ2) is 13.9. The molecule has 0 aliphatic carbocycles.